The molecule has 0 atom stereocenters. The summed E-state index contributed by atoms with van der Waals surface area (Å²) in [6.45, 7) is 2.42. The van der Waals surface area contributed by atoms with Gasteiger partial charge in [-0.1, -0.05) is 43.7 Å². The van der Waals surface area contributed by atoms with Gasteiger partial charge in [-0.2, -0.15) is 0 Å². The van der Waals surface area contributed by atoms with Crippen LogP contribution < -0.4 is 0 Å². The van der Waals surface area contributed by atoms with Crippen LogP contribution in [0.5, 0.6) is 0 Å². The predicted octanol–water partition coefficient (Wildman–Crippen LogP) is 3.84. The van der Waals surface area contributed by atoms with Crippen LogP contribution in [0.25, 0.3) is 17.2 Å². The van der Waals surface area contributed by atoms with E-state index in [0.717, 1.165) is 24.0 Å². The third kappa shape index (κ3) is 4.59. The van der Waals surface area contributed by atoms with Crippen molar-refractivity contribution in [2.45, 2.75) is 19.8 Å². The zero-order chi connectivity index (χ0) is 18.2. The quantitative estimate of drug-likeness (QED) is 0.436. The van der Waals surface area contributed by atoms with Gasteiger partial charge in [0.25, 0.3) is 0 Å². The lowest BCUT2D eigenvalue weighted by molar-refractivity contribution is -0.137. The largest absolute Gasteiger partial charge is 0.465 e. The summed E-state index contributed by atoms with van der Waals surface area (Å²) < 4.78 is 11.8. The molecule has 0 aliphatic heterocycles. The topological polar surface area (TPSA) is 57.5 Å². The highest BCUT2D eigenvalue weighted by Gasteiger charge is 2.21. The number of rotatable bonds is 7. The van der Waals surface area contributed by atoms with E-state index < -0.39 is 11.9 Å². The lowest BCUT2D eigenvalue weighted by Crippen LogP contribution is -2.06. The van der Waals surface area contributed by atoms with Crippen molar-refractivity contribution in [3.05, 3.63) is 53.9 Å². The van der Waals surface area contributed by atoms with E-state index in [-0.39, 0.29) is 0 Å². The van der Waals surface area contributed by atoms with Crippen LogP contribution in [0.1, 0.15) is 35.8 Å². The first-order valence-electron chi connectivity index (χ1n) is 8.26. The molecule has 0 radical (unpaired) electrons. The molecule has 0 amide bonds. The predicted molar refractivity (Wildman–Crippen MR) is 97.1 cm³/mol. The van der Waals surface area contributed by atoms with Crippen molar-refractivity contribution in [2.24, 2.45) is 7.05 Å². The Morgan fingerprint density at radius 2 is 1.92 bits per heavy atom. The third-order valence-corrected chi connectivity index (χ3v) is 3.82. The van der Waals surface area contributed by atoms with E-state index in [2.05, 4.69) is 0 Å². The fraction of sp³-hybridized carbons (Fsp3) is 0.300. The molecular formula is C20H23NO4. The van der Waals surface area contributed by atoms with Crippen molar-refractivity contribution < 1.29 is 19.1 Å². The smallest absolute Gasteiger partial charge is 0.340 e. The number of aryl methyl sites for hydroxylation is 1. The molecule has 2 aromatic rings. The number of carbonyl (C=O) groups excluding carboxylic acids is 2. The molecule has 5 nitrogen and oxygen atoms in total. The summed E-state index contributed by atoms with van der Waals surface area (Å²) in [7, 11) is 3.16. The Morgan fingerprint density at radius 1 is 1.20 bits per heavy atom. The number of esters is 2. The van der Waals surface area contributed by atoms with E-state index in [1.54, 1.807) is 10.6 Å². The number of benzene rings is 1. The molecule has 0 spiro atoms. The highest BCUT2D eigenvalue weighted by Crippen LogP contribution is 2.29. The van der Waals surface area contributed by atoms with E-state index in [1.165, 1.54) is 13.2 Å². The van der Waals surface area contributed by atoms with Crippen LogP contribution in [0.3, 0.4) is 0 Å². The fourth-order valence-corrected chi connectivity index (χ4v) is 2.51. The van der Waals surface area contributed by atoms with E-state index in [9.17, 15) is 9.59 Å². The molecule has 0 saturated carbocycles. The minimum absolute atomic E-state index is 0.395. The molecule has 132 valence electrons. The van der Waals surface area contributed by atoms with Gasteiger partial charge in [0.05, 0.1) is 25.0 Å². The van der Waals surface area contributed by atoms with E-state index in [1.807, 2.05) is 50.5 Å². The number of ether oxygens (including phenoxy) is 2. The zero-order valence-corrected chi connectivity index (χ0v) is 14.8. The van der Waals surface area contributed by atoms with Crippen LogP contribution in [-0.2, 0) is 21.3 Å². The molecule has 0 unspecified atom stereocenters. The van der Waals surface area contributed by atoms with E-state index >= 15 is 0 Å². The van der Waals surface area contributed by atoms with Gasteiger partial charge < -0.3 is 14.0 Å². The van der Waals surface area contributed by atoms with Crippen molar-refractivity contribution in [1.82, 2.24) is 4.57 Å². The minimum Gasteiger partial charge on any atom is -0.465 e. The minimum atomic E-state index is -0.446. The Hall–Kier alpha value is -2.82. The highest BCUT2D eigenvalue weighted by molar-refractivity contribution is 6.01. The maximum absolute atomic E-state index is 12.3. The first-order chi connectivity index (χ1) is 12.1. The molecule has 0 saturated heterocycles. The van der Waals surface area contributed by atoms with Gasteiger partial charge in [-0.3, -0.25) is 0 Å². The Kier molecular flexibility index (Phi) is 6.57. The standard InChI is InChI=1S/C20H23NO4/c1-4-5-13-25-18(22)12-11-17-19(20(23)24-3)16(14-21(17)2)15-9-7-6-8-10-15/h6-12,14H,4-5,13H2,1-3H3/b12-11+. The highest BCUT2D eigenvalue weighted by atomic mass is 16.5. The maximum Gasteiger partial charge on any atom is 0.340 e. The van der Waals surface area contributed by atoms with Gasteiger partial charge in [0.1, 0.15) is 0 Å². The summed E-state index contributed by atoms with van der Waals surface area (Å²) in [6, 6.07) is 9.58. The Morgan fingerprint density at radius 3 is 2.56 bits per heavy atom. The van der Waals surface area contributed by atoms with E-state index in [4.69, 9.17) is 9.47 Å². The van der Waals surface area contributed by atoms with Crippen molar-refractivity contribution in [3.63, 3.8) is 0 Å². The first kappa shape index (κ1) is 18.5. The monoisotopic (exact) mass is 341 g/mol. The first-order valence-corrected chi connectivity index (χ1v) is 8.26. The number of hydrogen-bond donors (Lipinski definition) is 0. The fourth-order valence-electron chi connectivity index (χ4n) is 2.51. The normalized spacial score (nSPS) is 10.8. The summed E-state index contributed by atoms with van der Waals surface area (Å²) in [5.41, 5.74) is 2.68. The van der Waals surface area contributed by atoms with Gasteiger partial charge in [0, 0.05) is 24.9 Å². The molecule has 1 aromatic carbocycles. The Labute approximate surface area is 147 Å². The third-order valence-electron chi connectivity index (χ3n) is 3.82. The second kappa shape index (κ2) is 8.87. The van der Waals surface area contributed by atoms with Crippen LogP contribution in [0, 0.1) is 0 Å². The second-order valence-electron chi connectivity index (χ2n) is 5.63. The number of hydrogen-bond acceptors (Lipinski definition) is 4. The van der Waals surface area contributed by atoms with E-state index in [0.29, 0.717) is 17.9 Å². The summed E-state index contributed by atoms with van der Waals surface area (Å²) >= 11 is 0. The average molecular weight is 341 g/mol. The Bertz CT molecular complexity index is 760. The van der Waals surface area contributed by atoms with Gasteiger partial charge in [-0.15, -0.1) is 0 Å². The SMILES string of the molecule is CCCCOC(=O)/C=C/c1c(C(=O)OC)c(-c2ccccc2)cn1C. The zero-order valence-electron chi connectivity index (χ0n) is 14.8. The van der Waals surface area contributed by atoms with Crippen molar-refractivity contribution in [3.8, 4) is 11.1 Å². The summed E-state index contributed by atoms with van der Waals surface area (Å²) in [5, 5.41) is 0. The van der Waals surface area contributed by atoms with Gasteiger partial charge in [0.2, 0.25) is 0 Å². The molecule has 0 bridgehead atoms. The number of aromatic nitrogens is 1. The molecule has 5 heteroatoms. The molecule has 1 aromatic heterocycles. The van der Waals surface area contributed by atoms with Crippen molar-refractivity contribution in [2.75, 3.05) is 13.7 Å². The average Bonchev–Trinajstić information content (AvgIpc) is 2.96. The lowest BCUT2D eigenvalue weighted by atomic mass is 10.0. The maximum atomic E-state index is 12.3. The molecular weight excluding hydrogens is 318 g/mol. The number of methoxy groups -OCH3 is 1. The molecule has 2 rings (SSSR count). The molecule has 25 heavy (non-hydrogen) atoms. The summed E-state index contributed by atoms with van der Waals surface area (Å²) in [4.78, 5) is 24.1. The van der Waals surface area contributed by atoms with Gasteiger partial charge in [0.15, 0.2) is 0 Å². The molecule has 0 N–H and O–H groups in total. The van der Waals surface area contributed by atoms with Gasteiger partial charge >= 0.3 is 11.9 Å². The van der Waals surface area contributed by atoms with Crippen LogP contribution >= 0.6 is 0 Å². The molecule has 0 aliphatic rings. The van der Waals surface area contributed by atoms with Crippen LogP contribution in [-0.4, -0.2) is 30.2 Å². The van der Waals surface area contributed by atoms with Gasteiger partial charge in [-0.25, -0.2) is 9.59 Å². The van der Waals surface area contributed by atoms with Crippen LogP contribution in [0.4, 0.5) is 0 Å². The Balaban J connectivity index is 2.36. The number of nitrogens with zero attached hydrogens (tertiary/aromatic N) is 1. The summed E-state index contributed by atoms with van der Waals surface area (Å²) in [6.07, 6.45) is 6.57. The molecule has 1 heterocycles. The van der Waals surface area contributed by atoms with Crippen molar-refractivity contribution >= 4 is 18.0 Å². The molecule has 0 fully saturated rings. The second-order valence-corrected chi connectivity index (χ2v) is 5.63. The summed E-state index contributed by atoms with van der Waals surface area (Å²) in [5.74, 6) is -0.870. The molecule has 0 aliphatic carbocycles. The van der Waals surface area contributed by atoms with Crippen LogP contribution in [0.2, 0.25) is 0 Å². The van der Waals surface area contributed by atoms with Crippen LogP contribution in [0.15, 0.2) is 42.6 Å². The van der Waals surface area contributed by atoms with Crippen molar-refractivity contribution in [1.29, 1.82) is 0 Å². The lowest BCUT2D eigenvalue weighted by Gasteiger charge is -2.05. The van der Waals surface area contributed by atoms with Gasteiger partial charge in [-0.05, 0) is 18.1 Å². The number of unbranched alkanes of at least 4 members (excludes halogenated alkanes) is 1. The number of carbonyl (C=O) groups is 2.